The number of nitrogens with one attached hydrogen (secondary N) is 1. The molecule has 0 radical (unpaired) electrons. The largest absolute Gasteiger partial charge is 0.339 e. The van der Waals surface area contributed by atoms with Crippen molar-refractivity contribution in [1.29, 1.82) is 0 Å². The van der Waals surface area contributed by atoms with Crippen LogP contribution in [0.2, 0.25) is 0 Å². The van der Waals surface area contributed by atoms with Crippen molar-refractivity contribution in [3.05, 3.63) is 29.3 Å². The average Bonchev–Trinajstić information content (AvgIpc) is 2.69. The van der Waals surface area contributed by atoms with Gasteiger partial charge in [-0.05, 0) is 36.8 Å². The smallest absolute Gasteiger partial charge is 0.321 e. The summed E-state index contributed by atoms with van der Waals surface area (Å²) in [6.07, 6.45) is 5.67. The number of urea groups is 1. The summed E-state index contributed by atoms with van der Waals surface area (Å²) in [4.78, 5) is 29.3. The SMILES string of the molecule is Cc1cccc(C(C)C)c1NC(=O)N1CCN(C(=O)C2CCCCC2)CC1. The van der Waals surface area contributed by atoms with Gasteiger partial charge in [0.15, 0.2) is 0 Å². The van der Waals surface area contributed by atoms with Crippen molar-refractivity contribution in [3.63, 3.8) is 0 Å². The van der Waals surface area contributed by atoms with Crippen molar-refractivity contribution in [2.75, 3.05) is 31.5 Å². The molecule has 5 nitrogen and oxygen atoms in total. The number of amides is 3. The molecule has 0 bridgehead atoms. The van der Waals surface area contributed by atoms with Crippen LogP contribution in [0.15, 0.2) is 18.2 Å². The number of hydrogen-bond donors (Lipinski definition) is 1. The van der Waals surface area contributed by atoms with Crippen LogP contribution >= 0.6 is 0 Å². The van der Waals surface area contributed by atoms with Crippen LogP contribution in [-0.4, -0.2) is 47.9 Å². The quantitative estimate of drug-likeness (QED) is 0.857. The molecule has 2 fully saturated rings. The van der Waals surface area contributed by atoms with Gasteiger partial charge in [0, 0.05) is 37.8 Å². The molecule has 1 N–H and O–H groups in total. The van der Waals surface area contributed by atoms with Gasteiger partial charge in [0.2, 0.25) is 5.91 Å². The zero-order chi connectivity index (χ0) is 19.4. The second-order valence-electron chi connectivity index (χ2n) is 8.27. The van der Waals surface area contributed by atoms with Gasteiger partial charge in [0.25, 0.3) is 0 Å². The maximum Gasteiger partial charge on any atom is 0.321 e. The molecule has 1 saturated heterocycles. The van der Waals surface area contributed by atoms with E-state index in [-0.39, 0.29) is 11.9 Å². The van der Waals surface area contributed by atoms with Gasteiger partial charge in [-0.25, -0.2) is 4.79 Å². The highest BCUT2D eigenvalue weighted by atomic mass is 16.2. The first-order chi connectivity index (χ1) is 13.0. The normalized spacial score (nSPS) is 18.7. The van der Waals surface area contributed by atoms with Crippen LogP contribution in [0.3, 0.4) is 0 Å². The van der Waals surface area contributed by atoms with Gasteiger partial charge in [-0.1, -0.05) is 51.3 Å². The Morgan fingerprint density at radius 2 is 1.63 bits per heavy atom. The number of carbonyl (C=O) groups is 2. The van der Waals surface area contributed by atoms with Crippen molar-refractivity contribution >= 4 is 17.6 Å². The number of aryl methyl sites for hydroxylation is 1. The number of anilines is 1. The van der Waals surface area contributed by atoms with Crippen LogP contribution < -0.4 is 5.32 Å². The highest BCUT2D eigenvalue weighted by Crippen LogP contribution is 2.28. The third-order valence-corrected chi connectivity index (χ3v) is 5.99. The molecular formula is C22H33N3O2. The van der Waals surface area contributed by atoms with E-state index in [0.29, 0.717) is 38.0 Å². The maximum absolute atomic E-state index is 12.8. The van der Waals surface area contributed by atoms with Crippen LogP contribution in [0, 0.1) is 12.8 Å². The summed E-state index contributed by atoms with van der Waals surface area (Å²) in [7, 11) is 0. The van der Waals surface area contributed by atoms with E-state index in [9.17, 15) is 9.59 Å². The molecule has 2 aliphatic rings. The summed E-state index contributed by atoms with van der Waals surface area (Å²) in [5.41, 5.74) is 3.17. The van der Waals surface area contributed by atoms with Crippen molar-refractivity contribution in [3.8, 4) is 0 Å². The molecule has 1 aliphatic heterocycles. The number of para-hydroxylation sites is 1. The number of rotatable bonds is 3. The highest BCUT2D eigenvalue weighted by molar-refractivity contribution is 5.91. The fourth-order valence-corrected chi connectivity index (χ4v) is 4.27. The Bertz CT molecular complexity index is 672. The molecule has 1 aromatic carbocycles. The second kappa shape index (κ2) is 8.77. The maximum atomic E-state index is 12.8. The lowest BCUT2D eigenvalue weighted by Crippen LogP contribution is -2.53. The Labute approximate surface area is 163 Å². The molecule has 5 heteroatoms. The molecular weight excluding hydrogens is 338 g/mol. The van der Waals surface area contributed by atoms with Crippen LogP contribution in [-0.2, 0) is 4.79 Å². The molecule has 1 aromatic rings. The lowest BCUT2D eigenvalue weighted by atomic mass is 9.88. The van der Waals surface area contributed by atoms with E-state index in [2.05, 4.69) is 25.2 Å². The molecule has 27 heavy (non-hydrogen) atoms. The van der Waals surface area contributed by atoms with Crippen molar-refractivity contribution in [1.82, 2.24) is 9.80 Å². The Hall–Kier alpha value is -2.04. The van der Waals surface area contributed by atoms with Gasteiger partial charge >= 0.3 is 6.03 Å². The van der Waals surface area contributed by atoms with Crippen molar-refractivity contribution < 1.29 is 9.59 Å². The summed E-state index contributed by atoms with van der Waals surface area (Å²) in [6, 6.07) is 6.09. The lowest BCUT2D eigenvalue weighted by Gasteiger charge is -2.37. The van der Waals surface area contributed by atoms with E-state index in [1.807, 2.05) is 28.9 Å². The topological polar surface area (TPSA) is 52.7 Å². The minimum atomic E-state index is -0.0593. The van der Waals surface area contributed by atoms with Gasteiger partial charge in [0.1, 0.15) is 0 Å². The predicted octanol–water partition coefficient (Wildman–Crippen LogP) is 4.37. The number of carbonyl (C=O) groups excluding carboxylic acids is 2. The summed E-state index contributed by atoms with van der Waals surface area (Å²) in [6.45, 7) is 8.81. The van der Waals surface area contributed by atoms with E-state index < -0.39 is 0 Å². The zero-order valence-electron chi connectivity index (χ0n) is 17.0. The standard InChI is InChI=1S/C22H33N3O2/c1-16(2)19-11-7-8-17(3)20(19)23-22(27)25-14-12-24(13-15-25)21(26)18-9-5-4-6-10-18/h7-8,11,16,18H,4-6,9-10,12-15H2,1-3H3,(H,23,27). The summed E-state index contributed by atoms with van der Waals surface area (Å²) in [5.74, 6) is 0.862. The van der Waals surface area contributed by atoms with Crippen LogP contribution in [0.1, 0.15) is 63.0 Å². The van der Waals surface area contributed by atoms with E-state index >= 15 is 0 Å². The number of piperazine rings is 1. The van der Waals surface area contributed by atoms with Gasteiger partial charge < -0.3 is 15.1 Å². The minimum absolute atomic E-state index is 0.0593. The fraction of sp³-hybridized carbons (Fsp3) is 0.636. The lowest BCUT2D eigenvalue weighted by molar-refractivity contribution is -0.138. The summed E-state index contributed by atoms with van der Waals surface area (Å²) >= 11 is 0. The Balaban J connectivity index is 1.57. The third-order valence-electron chi connectivity index (χ3n) is 5.99. The molecule has 0 aromatic heterocycles. The molecule has 3 rings (SSSR count). The average molecular weight is 372 g/mol. The summed E-state index contributed by atoms with van der Waals surface area (Å²) in [5, 5.41) is 3.12. The number of nitrogens with zero attached hydrogens (tertiary/aromatic N) is 2. The van der Waals surface area contributed by atoms with E-state index in [1.54, 1.807) is 0 Å². The molecule has 0 unspecified atom stereocenters. The molecule has 1 saturated carbocycles. The van der Waals surface area contributed by atoms with Crippen LogP contribution in [0.4, 0.5) is 10.5 Å². The monoisotopic (exact) mass is 371 g/mol. The van der Waals surface area contributed by atoms with Crippen LogP contribution in [0.5, 0.6) is 0 Å². The van der Waals surface area contributed by atoms with Gasteiger partial charge in [-0.3, -0.25) is 4.79 Å². The molecule has 148 valence electrons. The molecule has 3 amide bonds. The van der Waals surface area contributed by atoms with E-state index in [4.69, 9.17) is 0 Å². The second-order valence-corrected chi connectivity index (χ2v) is 8.27. The Morgan fingerprint density at radius 1 is 1.00 bits per heavy atom. The Kier molecular flexibility index (Phi) is 6.40. The number of hydrogen-bond acceptors (Lipinski definition) is 2. The van der Waals surface area contributed by atoms with E-state index in [1.165, 1.54) is 19.3 Å². The first-order valence-electron chi connectivity index (χ1n) is 10.4. The van der Waals surface area contributed by atoms with Crippen LogP contribution in [0.25, 0.3) is 0 Å². The molecule has 1 heterocycles. The highest BCUT2D eigenvalue weighted by Gasteiger charge is 2.30. The predicted molar refractivity (Wildman–Crippen MR) is 109 cm³/mol. The number of benzene rings is 1. The third kappa shape index (κ3) is 4.63. The first-order valence-corrected chi connectivity index (χ1v) is 10.4. The van der Waals surface area contributed by atoms with Gasteiger partial charge in [-0.15, -0.1) is 0 Å². The zero-order valence-corrected chi connectivity index (χ0v) is 17.0. The fourth-order valence-electron chi connectivity index (χ4n) is 4.27. The molecule has 0 atom stereocenters. The van der Waals surface area contributed by atoms with E-state index in [0.717, 1.165) is 29.7 Å². The summed E-state index contributed by atoms with van der Waals surface area (Å²) < 4.78 is 0. The van der Waals surface area contributed by atoms with Gasteiger partial charge in [0.05, 0.1) is 0 Å². The van der Waals surface area contributed by atoms with Crippen molar-refractivity contribution in [2.45, 2.75) is 58.8 Å². The van der Waals surface area contributed by atoms with Gasteiger partial charge in [-0.2, -0.15) is 0 Å². The molecule has 0 spiro atoms. The first kappa shape index (κ1) is 19.7. The minimum Gasteiger partial charge on any atom is -0.339 e. The Morgan fingerprint density at radius 3 is 2.26 bits per heavy atom. The molecule has 1 aliphatic carbocycles. The van der Waals surface area contributed by atoms with Crippen molar-refractivity contribution in [2.24, 2.45) is 5.92 Å².